The zero-order valence-electron chi connectivity index (χ0n) is 14.2. The first-order chi connectivity index (χ1) is 12.6. The number of benzene rings is 2. The van der Waals surface area contributed by atoms with Gasteiger partial charge in [0.1, 0.15) is 23.9 Å². The number of fused-ring (bicyclic) bond motifs is 4. The van der Waals surface area contributed by atoms with Gasteiger partial charge in [-0.3, -0.25) is 5.10 Å². The van der Waals surface area contributed by atoms with Crippen LogP contribution in [0.25, 0.3) is 22.2 Å². The van der Waals surface area contributed by atoms with Crippen LogP contribution in [0, 0.1) is 5.82 Å². The largest absolute Gasteiger partial charge is 0.491 e. The molecule has 6 nitrogen and oxygen atoms in total. The number of hydrogen-bond acceptors (Lipinski definition) is 4. The molecule has 1 aliphatic rings. The summed E-state index contributed by atoms with van der Waals surface area (Å²) in [6, 6.07) is 10.2. The van der Waals surface area contributed by atoms with Gasteiger partial charge in [-0.25, -0.2) is 9.18 Å². The lowest BCUT2D eigenvalue weighted by Crippen LogP contribution is -2.28. The van der Waals surface area contributed by atoms with E-state index in [2.05, 4.69) is 15.5 Å². The van der Waals surface area contributed by atoms with Crippen LogP contribution in [-0.2, 0) is 11.3 Å². The molecule has 4 rings (SSSR count). The lowest BCUT2D eigenvalue weighted by Gasteiger charge is -2.15. The SMILES string of the molecule is C[C@@H]1CCNC(=O)OCc2cc(F)cc(c2)-c2n[nH]c3ccc(cc23)O1. The summed E-state index contributed by atoms with van der Waals surface area (Å²) in [5.74, 6) is 0.282. The average molecular weight is 355 g/mol. The maximum atomic E-state index is 14.1. The van der Waals surface area contributed by atoms with Gasteiger partial charge in [0.15, 0.2) is 0 Å². The number of ether oxygens (including phenoxy) is 2. The second-order valence-corrected chi connectivity index (χ2v) is 6.35. The number of halogens is 1. The summed E-state index contributed by atoms with van der Waals surface area (Å²) in [5, 5.41) is 10.8. The average Bonchev–Trinajstić information content (AvgIpc) is 3.02. The molecule has 0 saturated carbocycles. The predicted molar refractivity (Wildman–Crippen MR) is 94.4 cm³/mol. The van der Waals surface area contributed by atoms with E-state index in [1.54, 1.807) is 6.07 Å². The molecule has 0 fully saturated rings. The number of carbonyl (C=O) groups excluding carboxylic acids is 1. The van der Waals surface area contributed by atoms with Gasteiger partial charge in [-0.15, -0.1) is 0 Å². The molecular weight excluding hydrogens is 337 g/mol. The normalized spacial score (nSPS) is 17.8. The van der Waals surface area contributed by atoms with Crippen molar-refractivity contribution in [3.05, 3.63) is 47.8 Å². The van der Waals surface area contributed by atoms with Crippen molar-refractivity contribution < 1.29 is 18.7 Å². The van der Waals surface area contributed by atoms with E-state index in [0.29, 0.717) is 35.5 Å². The Labute approximate surface area is 149 Å². The Hall–Kier alpha value is -3.09. The van der Waals surface area contributed by atoms with Crippen molar-refractivity contribution in [3.8, 4) is 17.0 Å². The minimum Gasteiger partial charge on any atom is -0.491 e. The molecule has 1 amide bonds. The molecule has 0 spiro atoms. The van der Waals surface area contributed by atoms with Crippen molar-refractivity contribution in [2.75, 3.05) is 6.54 Å². The number of H-pyrrole nitrogens is 1. The van der Waals surface area contributed by atoms with Gasteiger partial charge in [0.05, 0.1) is 11.6 Å². The third kappa shape index (κ3) is 3.33. The van der Waals surface area contributed by atoms with Crippen molar-refractivity contribution in [1.29, 1.82) is 0 Å². The van der Waals surface area contributed by atoms with Crippen LogP contribution in [0.15, 0.2) is 36.4 Å². The zero-order valence-corrected chi connectivity index (χ0v) is 14.2. The third-order valence-electron chi connectivity index (χ3n) is 4.29. The summed E-state index contributed by atoms with van der Waals surface area (Å²) in [6.45, 7) is 2.34. The number of aromatic nitrogens is 2. The number of hydrogen-bond donors (Lipinski definition) is 2. The maximum Gasteiger partial charge on any atom is 0.407 e. The second-order valence-electron chi connectivity index (χ2n) is 6.35. The van der Waals surface area contributed by atoms with Gasteiger partial charge in [0.25, 0.3) is 0 Å². The maximum absolute atomic E-state index is 14.1. The first-order valence-electron chi connectivity index (χ1n) is 8.44. The summed E-state index contributed by atoms with van der Waals surface area (Å²) in [4.78, 5) is 11.8. The van der Waals surface area contributed by atoms with Crippen LogP contribution >= 0.6 is 0 Å². The standard InChI is InChI=1S/C19H18FN3O3/c1-11-4-5-21-19(24)25-10-12-6-13(8-14(20)7-12)18-16-9-15(26-11)2-3-17(16)22-23-18/h2-3,6-9,11H,4-5,10H2,1H3,(H,21,24)(H,22,23)/t11-/m1/s1. The quantitative estimate of drug-likeness (QED) is 0.644. The molecule has 1 aliphatic heterocycles. The van der Waals surface area contributed by atoms with Crippen molar-refractivity contribution >= 4 is 17.0 Å². The van der Waals surface area contributed by atoms with Crippen LogP contribution in [0.3, 0.4) is 0 Å². The van der Waals surface area contributed by atoms with Crippen LogP contribution in [0.2, 0.25) is 0 Å². The van der Waals surface area contributed by atoms with E-state index in [-0.39, 0.29) is 12.7 Å². The number of amides is 1. The Morgan fingerprint density at radius 2 is 2.12 bits per heavy atom. The van der Waals surface area contributed by atoms with Gasteiger partial charge in [-0.05, 0) is 48.9 Å². The topological polar surface area (TPSA) is 76.2 Å². The third-order valence-corrected chi connectivity index (χ3v) is 4.29. The summed E-state index contributed by atoms with van der Waals surface area (Å²) < 4.78 is 25.2. The van der Waals surface area contributed by atoms with E-state index in [1.807, 2.05) is 25.1 Å². The number of nitrogens with one attached hydrogen (secondary N) is 2. The summed E-state index contributed by atoms with van der Waals surface area (Å²) >= 11 is 0. The monoisotopic (exact) mass is 355 g/mol. The molecule has 1 atom stereocenters. The first-order valence-corrected chi connectivity index (χ1v) is 8.44. The highest BCUT2D eigenvalue weighted by Crippen LogP contribution is 2.31. The van der Waals surface area contributed by atoms with E-state index in [1.165, 1.54) is 12.1 Å². The predicted octanol–water partition coefficient (Wildman–Crippen LogP) is 3.77. The van der Waals surface area contributed by atoms with Gasteiger partial charge in [0.2, 0.25) is 0 Å². The molecule has 2 aromatic carbocycles. The fraction of sp³-hybridized carbons (Fsp3) is 0.263. The van der Waals surface area contributed by atoms with Crippen molar-refractivity contribution in [1.82, 2.24) is 15.5 Å². The summed E-state index contributed by atoms with van der Waals surface area (Å²) in [5.41, 5.74) is 2.62. The molecule has 1 aromatic heterocycles. The number of rotatable bonds is 0. The van der Waals surface area contributed by atoms with Gasteiger partial charge >= 0.3 is 6.09 Å². The number of carbonyl (C=O) groups is 1. The van der Waals surface area contributed by atoms with Crippen molar-refractivity contribution in [2.45, 2.75) is 26.1 Å². The van der Waals surface area contributed by atoms with E-state index in [4.69, 9.17) is 9.47 Å². The van der Waals surface area contributed by atoms with Crippen LogP contribution in [0.5, 0.6) is 5.75 Å². The van der Waals surface area contributed by atoms with Crippen LogP contribution in [0.4, 0.5) is 9.18 Å². The fourth-order valence-corrected chi connectivity index (χ4v) is 3.03. The Morgan fingerprint density at radius 1 is 1.23 bits per heavy atom. The van der Waals surface area contributed by atoms with Gasteiger partial charge in [-0.2, -0.15) is 5.10 Å². The highest BCUT2D eigenvalue weighted by atomic mass is 19.1. The summed E-state index contributed by atoms with van der Waals surface area (Å²) in [7, 11) is 0. The van der Waals surface area contributed by atoms with E-state index >= 15 is 0 Å². The first kappa shape index (κ1) is 16.4. The molecule has 0 aliphatic carbocycles. The fourth-order valence-electron chi connectivity index (χ4n) is 3.03. The molecule has 4 bridgehead atoms. The minimum atomic E-state index is -0.541. The second kappa shape index (κ2) is 6.67. The molecule has 2 N–H and O–H groups in total. The Bertz CT molecular complexity index is 970. The Balaban J connectivity index is 1.82. The molecule has 0 saturated heterocycles. The van der Waals surface area contributed by atoms with Crippen molar-refractivity contribution in [3.63, 3.8) is 0 Å². The molecule has 0 unspecified atom stereocenters. The number of nitrogens with zero attached hydrogens (tertiary/aromatic N) is 1. The summed E-state index contributed by atoms with van der Waals surface area (Å²) in [6.07, 6.45) is 0.000596. The molecule has 0 radical (unpaired) electrons. The molecule has 7 heteroatoms. The Kier molecular flexibility index (Phi) is 4.20. The molecule has 26 heavy (non-hydrogen) atoms. The smallest absolute Gasteiger partial charge is 0.407 e. The number of aromatic amines is 1. The van der Waals surface area contributed by atoms with E-state index < -0.39 is 11.9 Å². The number of alkyl carbamates (subject to hydrolysis) is 1. The highest BCUT2D eigenvalue weighted by Gasteiger charge is 2.14. The molecule has 134 valence electrons. The van der Waals surface area contributed by atoms with Crippen LogP contribution in [0.1, 0.15) is 18.9 Å². The molecule has 2 heterocycles. The van der Waals surface area contributed by atoms with Crippen LogP contribution in [-0.4, -0.2) is 28.9 Å². The molecule has 3 aromatic rings. The highest BCUT2D eigenvalue weighted by molar-refractivity contribution is 5.93. The zero-order chi connectivity index (χ0) is 18.1. The lowest BCUT2D eigenvalue weighted by molar-refractivity contribution is 0.137. The van der Waals surface area contributed by atoms with Gasteiger partial charge < -0.3 is 14.8 Å². The molecular formula is C19H18FN3O3. The minimum absolute atomic E-state index is 0.0176. The van der Waals surface area contributed by atoms with E-state index in [9.17, 15) is 9.18 Å². The van der Waals surface area contributed by atoms with Gasteiger partial charge in [-0.1, -0.05) is 0 Å². The van der Waals surface area contributed by atoms with E-state index in [0.717, 1.165) is 10.9 Å². The van der Waals surface area contributed by atoms with Crippen molar-refractivity contribution in [2.24, 2.45) is 0 Å². The van der Waals surface area contributed by atoms with Crippen LogP contribution < -0.4 is 10.1 Å². The Morgan fingerprint density at radius 3 is 3.00 bits per heavy atom. The van der Waals surface area contributed by atoms with Gasteiger partial charge in [0, 0.05) is 23.9 Å². The number of cyclic esters (lactones) is 1. The lowest BCUT2D eigenvalue weighted by atomic mass is 10.0.